The Bertz CT molecular complexity index is 468. The highest BCUT2D eigenvalue weighted by Crippen LogP contribution is 2.28. The number of nitrogens with one attached hydrogen (secondary N) is 1. The van der Waals surface area contributed by atoms with Crippen molar-refractivity contribution in [3.05, 3.63) is 5.01 Å². The first-order chi connectivity index (χ1) is 10.3. The lowest BCUT2D eigenvalue weighted by Crippen LogP contribution is -2.39. The third kappa shape index (κ3) is 4.21. The van der Waals surface area contributed by atoms with E-state index in [4.69, 9.17) is 9.47 Å². The molecule has 0 aromatic carbocycles. The van der Waals surface area contributed by atoms with Gasteiger partial charge in [0, 0.05) is 6.42 Å². The van der Waals surface area contributed by atoms with Gasteiger partial charge in [-0.15, -0.1) is 10.2 Å². The largest absolute Gasteiger partial charge is 0.376 e. The van der Waals surface area contributed by atoms with E-state index in [1.54, 1.807) is 0 Å². The summed E-state index contributed by atoms with van der Waals surface area (Å²) in [4.78, 5) is 12.0. The first-order valence-corrected chi connectivity index (χ1v) is 8.45. The summed E-state index contributed by atoms with van der Waals surface area (Å²) < 4.78 is 10.6. The molecule has 7 heteroatoms. The number of nitrogens with zero attached hydrogens (tertiary/aromatic N) is 2. The van der Waals surface area contributed by atoms with Gasteiger partial charge in [-0.3, -0.25) is 10.1 Å². The van der Waals surface area contributed by atoms with Gasteiger partial charge in [-0.1, -0.05) is 43.4 Å². The van der Waals surface area contributed by atoms with Crippen LogP contribution in [0.15, 0.2) is 0 Å². The minimum atomic E-state index is -0.538. The van der Waals surface area contributed by atoms with Crippen molar-refractivity contribution < 1.29 is 14.3 Å². The smallest absolute Gasteiger partial charge is 0.257 e. The molecule has 3 rings (SSSR count). The molecule has 1 amide bonds. The van der Waals surface area contributed by atoms with Crippen LogP contribution in [0, 0.1) is 5.92 Å². The van der Waals surface area contributed by atoms with Gasteiger partial charge >= 0.3 is 0 Å². The maximum absolute atomic E-state index is 12.0. The van der Waals surface area contributed by atoms with E-state index in [1.807, 2.05) is 0 Å². The molecule has 6 nitrogen and oxygen atoms in total. The van der Waals surface area contributed by atoms with Gasteiger partial charge in [0.25, 0.3) is 5.91 Å². The number of anilines is 1. The summed E-state index contributed by atoms with van der Waals surface area (Å²) in [6.45, 7) is 1.31. The van der Waals surface area contributed by atoms with E-state index in [0.717, 1.165) is 17.3 Å². The molecule has 1 aromatic heterocycles. The van der Waals surface area contributed by atoms with E-state index >= 15 is 0 Å². The lowest BCUT2D eigenvalue weighted by atomic mass is 9.87. The van der Waals surface area contributed by atoms with E-state index in [1.165, 1.54) is 43.4 Å². The summed E-state index contributed by atoms with van der Waals surface area (Å²) in [5.74, 6) is 0.528. The van der Waals surface area contributed by atoms with Crippen molar-refractivity contribution >= 4 is 22.4 Å². The van der Waals surface area contributed by atoms with Gasteiger partial charge in [-0.05, 0) is 5.92 Å². The van der Waals surface area contributed by atoms with Crippen molar-refractivity contribution in [3.63, 3.8) is 0 Å². The normalized spacial score (nSPS) is 23.9. The van der Waals surface area contributed by atoms with Crippen LogP contribution in [0.5, 0.6) is 0 Å². The van der Waals surface area contributed by atoms with Crippen molar-refractivity contribution in [2.24, 2.45) is 5.92 Å². The maximum atomic E-state index is 12.0. The number of carbonyl (C=O) groups excluding carboxylic acids is 1. The molecule has 0 spiro atoms. The molecule has 0 radical (unpaired) electrons. The summed E-state index contributed by atoms with van der Waals surface area (Å²) in [6, 6.07) is 0. The van der Waals surface area contributed by atoms with E-state index in [2.05, 4.69) is 15.5 Å². The number of amides is 1. The van der Waals surface area contributed by atoms with Crippen molar-refractivity contribution in [2.45, 2.75) is 44.6 Å². The van der Waals surface area contributed by atoms with Gasteiger partial charge in [-0.25, -0.2) is 0 Å². The Morgan fingerprint density at radius 1 is 1.24 bits per heavy atom. The van der Waals surface area contributed by atoms with Gasteiger partial charge in [0.2, 0.25) is 5.13 Å². The van der Waals surface area contributed by atoms with Crippen molar-refractivity contribution in [3.8, 4) is 0 Å². The van der Waals surface area contributed by atoms with E-state index < -0.39 is 6.10 Å². The second-order valence-electron chi connectivity index (χ2n) is 5.63. The highest BCUT2D eigenvalue weighted by molar-refractivity contribution is 7.15. The summed E-state index contributed by atoms with van der Waals surface area (Å²) in [5, 5.41) is 12.6. The minimum absolute atomic E-state index is 0.199. The van der Waals surface area contributed by atoms with Crippen LogP contribution in [0.3, 0.4) is 0 Å². The lowest BCUT2D eigenvalue weighted by Gasteiger charge is -2.21. The van der Waals surface area contributed by atoms with Crippen LogP contribution in [-0.4, -0.2) is 42.0 Å². The zero-order valence-electron chi connectivity index (χ0n) is 12.0. The summed E-state index contributed by atoms with van der Waals surface area (Å²) in [7, 11) is 0. The van der Waals surface area contributed by atoms with E-state index in [-0.39, 0.29) is 5.91 Å². The number of carbonyl (C=O) groups is 1. The predicted molar refractivity (Wildman–Crippen MR) is 79.4 cm³/mol. The number of hydrogen-bond acceptors (Lipinski definition) is 6. The quantitative estimate of drug-likeness (QED) is 0.921. The molecule has 1 aromatic rings. The Kier molecular flexibility index (Phi) is 5.16. The molecule has 1 aliphatic heterocycles. The Morgan fingerprint density at radius 2 is 2.10 bits per heavy atom. The summed E-state index contributed by atoms with van der Waals surface area (Å²) in [6.07, 6.45) is 7.03. The fraction of sp³-hybridized carbons (Fsp3) is 0.786. The zero-order valence-corrected chi connectivity index (χ0v) is 12.9. The first kappa shape index (κ1) is 14.9. The SMILES string of the molecule is O=C(Nc1nnc(CC2CCCCC2)s1)[C@@H]1COCCO1. The molecule has 21 heavy (non-hydrogen) atoms. The Labute approximate surface area is 128 Å². The standard InChI is InChI=1S/C14H21N3O3S/c18-13(11-9-19-6-7-20-11)15-14-17-16-12(21-14)8-10-4-2-1-3-5-10/h10-11H,1-9H2,(H,15,17,18)/t11-/m0/s1. The van der Waals surface area contributed by atoms with Crippen molar-refractivity contribution in [1.82, 2.24) is 10.2 Å². The van der Waals surface area contributed by atoms with Crippen LogP contribution >= 0.6 is 11.3 Å². The molecule has 1 atom stereocenters. The molecule has 2 aliphatic rings. The van der Waals surface area contributed by atoms with Crippen LogP contribution in [0.4, 0.5) is 5.13 Å². The Morgan fingerprint density at radius 3 is 2.86 bits per heavy atom. The fourth-order valence-corrected chi connectivity index (χ4v) is 3.71. The molecule has 116 valence electrons. The summed E-state index contributed by atoms with van der Waals surface area (Å²) in [5.41, 5.74) is 0. The topological polar surface area (TPSA) is 73.3 Å². The number of rotatable bonds is 4. The van der Waals surface area contributed by atoms with E-state index in [0.29, 0.717) is 25.0 Å². The van der Waals surface area contributed by atoms with Gasteiger partial charge in [0.15, 0.2) is 6.10 Å². The van der Waals surface area contributed by atoms with Gasteiger partial charge in [0.05, 0.1) is 19.8 Å². The van der Waals surface area contributed by atoms with Crippen LogP contribution in [-0.2, 0) is 20.7 Å². The molecule has 1 saturated heterocycles. The van der Waals surface area contributed by atoms with Crippen molar-refractivity contribution in [2.75, 3.05) is 25.1 Å². The van der Waals surface area contributed by atoms with Crippen molar-refractivity contribution in [1.29, 1.82) is 0 Å². The van der Waals surface area contributed by atoms with Crippen LogP contribution in [0.2, 0.25) is 0 Å². The second-order valence-corrected chi connectivity index (χ2v) is 6.69. The molecular formula is C14H21N3O3S. The molecule has 0 unspecified atom stereocenters. The first-order valence-electron chi connectivity index (χ1n) is 7.64. The molecule has 2 fully saturated rings. The highest BCUT2D eigenvalue weighted by Gasteiger charge is 2.24. The molecule has 2 heterocycles. The number of aromatic nitrogens is 2. The molecule has 1 saturated carbocycles. The zero-order chi connectivity index (χ0) is 14.5. The molecular weight excluding hydrogens is 290 g/mol. The number of hydrogen-bond donors (Lipinski definition) is 1. The Balaban J connectivity index is 1.50. The van der Waals surface area contributed by atoms with Crippen LogP contribution < -0.4 is 5.32 Å². The molecule has 0 bridgehead atoms. The maximum Gasteiger partial charge on any atom is 0.257 e. The van der Waals surface area contributed by atoms with Gasteiger partial charge in [-0.2, -0.15) is 0 Å². The lowest BCUT2D eigenvalue weighted by molar-refractivity contribution is -0.142. The monoisotopic (exact) mass is 311 g/mol. The van der Waals surface area contributed by atoms with Gasteiger partial charge in [0.1, 0.15) is 5.01 Å². The van der Waals surface area contributed by atoms with Gasteiger partial charge < -0.3 is 9.47 Å². The average Bonchev–Trinajstić information content (AvgIpc) is 2.96. The fourth-order valence-electron chi connectivity index (χ4n) is 2.85. The predicted octanol–water partition coefficient (Wildman–Crippen LogP) is 2.01. The third-order valence-corrected chi connectivity index (χ3v) is 4.85. The molecule has 1 aliphatic carbocycles. The third-order valence-electron chi connectivity index (χ3n) is 3.99. The number of ether oxygens (including phenoxy) is 2. The van der Waals surface area contributed by atoms with E-state index in [9.17, 15) is 4.79 Å². The highest BCUT2D eigenvalue weighted by atomic mass is 32.1. The van der Waals surface area contributed by atoms with Crippen LogP contribution in [0.25, 0.3) is 0 Å². The minimum Gasteiger partial charge on any atom is -0.376 e. The summed E-state index contributed by atoms with van der Waals surface area (Å²) >= 11 is 1.47. The second kappa shape index (κ2) is 7.29. The average molecular weight is 311 g/mol. The Hall–Kier alpha value is -1.05. The molecule has 1 N–H and O–H groups in total. The van der Waals surface area contributed by atoms with Crippen LogP contribution in [0.1, 0.15) is 37.1 Å².